The van der Waals surface area contributed by atoms with Crippen molar-refractivity contribution in [3.8, 4) is 0 Å². The molecule has 5 heteroatoms. The van der Waals surface area contributed by atoms with Gasteiger partial charge in [-0.15, -0.1) is 0 Å². The SMILES string of the molecule is C[C@](N)(CCO)C(F)(F)F. The topological polar surface area (TPSA) is 46.2 Å². The monoisotopic (exact) mass is 157 g/mol. The summed E-state index contributed by atoms with van der Waals surface area (Å²) in [6.07, 6.45) is -4.90. The molecule has 0 bridgehead atoms. The molecule has 0 aromatic rings. The molecule has 0 saturated heterocycles. The lowest BCUT2D eigenvalue weighted by molar-refractivity contribution is -0.184. The van der Waals surface area contributed by atoms with Gasteiger partial charge in [-0.05, 0) is 13.3 Å². The third-order valence-electron chi connectivity index (χ3n) is 1.28. The molecule has 0 radical (unpaired) electrons. The van der Waals surface area contributed by atoms with Crippen LogP contribution in [0.1, 0.15) is 13.3 Å². The molecule has 0 heterocycles. The van der Waals surface area contributed by atoms with Crippen LogP contribution in [0, 0.1) is 0 Å². The van der Waals surface area contributed by atoms with Crippen molar-refractivity contribution in [3.05, 3.63) is 0 Å². The molecule has 1 atom stereocenters. The molecule has 0 rings (SSSR count). The largest absolute Gasteiger partial charge is 0.406 e. The average molecular weight is 157 g/mol. The summed E-state index contributed by atoms with van der Waals surface area (Å²) < 4.78 is 35.4. The summed E-state index contributed by atoms with van der Waals surface area (Å²) >= 11 is 0. The van der Waals surface area contributed by atoms with Gasteiger partial charge in [0.2, 0.25) is 0 Å². The van der Waals surface area contributed by atoms with Crippen LogP contribution in [0.3, 0.4) is 0 Å². The predicted molar refractivity (Wildman–Crippen MR) is 30.4 cm³/mol. The van der Waals surface area contributed by atoms with Crippen LogP contribution in [-0.2, 0) is 0 Å². The number of alkyl halides is 3. The Bertz CT molecular complexity index is 110. The molecule has 0 saturated carbocycles. The van der Waals surface area contributed by atoms with Crippen molar-refractivity contribution < 1.29 is 18.3 Å². The molecule has 0 aromatic carbocycles. The summed E-state index contributed by atoms with van der Waals surface area (Å²) in [6.45, 7) is 0.301. The fourth-order valence-corrected chi connectivity index (χ4v) is 0.374. The predicted octanol–water partition coefficient (Wildman–Crippen LogP) is 0.649. The molecule has 2 nitrogen and oxygen atoms in total. The fourth-order valence-electron chi connectivity index (χ4n) is 0.374. The highest BCUT2D eigenvalue weighted by Gasteiger charge is 2.47. The summed E-state index contributed by atoms with van der Waals surface area (Å²) in [6, 6.07) is 0. The van der Waals surface area contributed by atoms with Crippen molar-refractivity contribution in [1.82, 2.24) is 0 Å². The highest BCUT2D eigenvalue weighted by atomic mass is 19.4. The minimum atomic E-state index is -4.43. The van der Waals surface area contributed by atoms with E-state index in [2.05, 4.69) is 0 Å². The van der Waals surface area contributed by atoms with Crippen molar-refractivity contribution in [2.75, 3.05) is 6.61 Å². The van der Waals surface area contributed by atoms with E-state index >= 15 is 0 Å². The number of hydrogen-bond acceptors (Lipinski definition) is 2. The summed E-state index contributed by atoms with van der Waals surface area (Å²) in [5, 5.41) is 8.19. The van der Waals surface area contributed by atoms with Crippen LogP contribution in [0.25, 0.3) is 0 Å². The van der Waals surface area contributed by atoms with E-state index in [0.29, 0.717) is 0 Å². The van der Waals surface area contributed by atoms with Gasteiger partial charge in [-0.2, -0.15) is 13.2 Å². The van der Waals surface area contributed by atoms with Gasteiger partial charge in [0.05, 0.1) is 0 Å². The van der Waals surface area contributed by atoms with Gasteiger partial charge < -0.3 is 10.8 Å². The molecular weight excluding hydrogens is 147 g/mol. The van der Waals surface area contributed by atoms with E-state index in [-0.39, 0.29) is 0 Å². The van der Waals surface area contributed by atoms with E-state index in [0.717, 1.165) is 6.92 Å². The Hall–Kier alpha value is -0.290. The maximum absolute atomic E-state index is 11.8. The average Bonchev–Trinajstić information content (AvgIpc) is 1.61. The second kappa shape index (κ2) is 2.75. The third-order valence-corrected chi connectivity index (χ3v) is 1.28. The molecule has 62 valence electrons. The number of aliphatic hydroxyl groups excluding tert-OH is 1. The number of halogens is 3. The number of aliphatic hydroxyl groups is 1. The Kier molecular flexibility index (Phi) is 2.67. The lowest BCUT2D eigenvalue weighted by atomic mass is 10.00. The number of hydrogen-bond donors (Lipinski definition) is 2. The highest BCUT2D eigenvalue weighted by molar-refractivity contribution is 4.86. The van der Waals surface area contributed by atoms with Gasteiger partial charge in [-0.3, -0.25) is 0 Å². The first kappa shape index (κ1) is 9.71. The fraction of sp³-hybridized carbons (Fsp3) is 1.00. The molecule has 0 aliphatic carbocycles. The molecule has 0 aliphatic rings. The van der Waals surface area contributed by atoms with Crippen molar-refractivity contribution in [2.45, 2.75) is 25.1 Å². The van der Waals surface area contributed by atoms with E-state index in [1.54, 1.807) is 0 Å². The van der Waals surface area contributed by atoms with Gasteiger partial charge >= 0.3 is 6.18 Å². The van der Waals surface area contributed by atoms with Crippen molar-refractivity contribution in [2.24, 2.45) is 5.73 Å². The van der Waals surface area contributed by atoms with Crippen LogP contribution in [-0.4, -0.2) is 23.4 Å². The third kappa shape index (κ3) is 2.15. The van der Waals surface area contributed by atoms with Gasteiger partial charge in [0, 0.05) is 6.61 Å². The summed E-state index contributed by atoms with van der Waals surface area (Å²) in [4.78, 5) is 0. The second-order valence-electron chi connectivity index (χ2n) is 2.39. The molecule has 0 unspecified atom stereocenters. The Morgan fingerprint density at radius 1 is 1.40 bits per heavy atom. The van der Waals surface area contributed by atoms with E-state index in [4.69, 9.17) is 10.8 Å². The second-order valence-corrected chi connectivity index (χ2v) is 2.39. The zero-order valence-corrected chi connectivity index (χ0v) is 5.57. The molecule has 3 N–H and O–H groups in total. The maximum atomic E-state index is 11.8. The van der Waals surface area contributed by atoms with Crippen molar-refractivity contribution in [3.63, 3.8) is 0 Å². The summed E-state index contributed by atoms with van der Waals surface area (Å²) in [7, 11) is 0. The van der Waals surface area contributed by atoms with E-state index in [1.807, 2.05) is 0 Å². The van der Waals surface area contributed by atoms with Crippen LogP contribution < -0.4 is 5.73 Å². The van der Waals surface area contributed by atoms with E-state index in [1.165, 1.54) is 0 Å². The highest BCUT2D eigenvalue weighted by Crippen LogP contribution is 2.29. The molecule has 10 heavy (non-hydrogen) atoms. The van der Waals surface area contributed by atoms with Crippen molar-refractivity contribution >= 4 is 0 Å². The summed E-state index contributed by atoms with van der Waals surface area (Å²) in [5.41, 5.74) is 2.56. The van der Waals surface area contributed by atoms with Crippen LogP contribution in [0.2, 0.25) is 0 Å². The van der Waals surface area contributed by atoms with Gasteiger partial charge in [0.25, 0.3) is 0 Å². The molecular formula is C5H10F3NO. The molecule has 0 aliphatic heterocycles. The molecule has 0 fully saturated rings. The Morgan fingerprint density at radius 3 is 1.90 bits per heavy atom. The number of nitrogens with two attached hydrogens (primary N) is 1. The Labute approximate surface area is 56.8 Å². The summed E-state index contributed by atoms with van der Waals surface area (Å²) in [5.74, 6) is 0. The van der Waals surface area contributed by atoms with Gasteiger partial charge in [-0.1, -0.05) is 0 Å². The first-order valence-electron chi connectivity index (χ1n) is 2.78. The quantitative estimate of drug-likeness (QED) is 0.618. The Morgan fingerprint density at radius 2 is 1.80 bits per heavy atom. The maximum Gasteiger partial charge on any atom is 0.406 e. The molecule has 0 aromatic heterocycles. The first-order chi connectivity index (χ1) is 4.31. The zero-order chi connectivity index (χ0) is 8.41. The Balaban J connectivity index is 4.10. The minimum Gasteiger partial charge on any atom is -0.396 e. The van der Waals surface area contributed by atoms with Gasteiger partial charge in [0.15, 0.2) is 0 Å². The van der Waals surface area contributed by atoms with Crippen LogP contribution >= 0.6 is 0 Å². The standard InChI is InChI=1S/C5H10F3NO/c1-4(9,2-3-10)5(6,7)8/h10H,2-3,9H2,1H3/t4-/m0/s1. The zero-order valence-electron chi connectivity index (χ0n) is 5.57. The minimum absolute atomic E-state index is 0.462. The van der Waals surface area contributed by atoms with E-state index in [9.17, 15) is 13.2 Å². The normalized spacial score (nSPS) is 18.6. The van der Waals surface area contributed by atoms with Crippen LogP contribution in [0.5, 0.6) is 0 Å². The first-order valence-corrected chi connectivity index (χ1v) is 2.78. The van der Waals surface area contributed by atoms with Gasteiger partial charge in [-0.25, -0.2) is 0 Å². The number of rotatable bonds is 2. The van der Waals surface area contributed by atoms with Crippen LogP contribution in [0.15, 0.2) is 0 Å². The van der Waals surface area contributed by atoms with Crippen molar-refractivity contribution in [1.29, 1.82) is 0 Å². The van der Waals surface area contributed by atoms with Crippen LogP contribution in [0.4, 0.5) is 13.2 Å². The molecule has 0 amide bonds. The molecule has 0 spiro atoms. The lowest BCUT2D eigenvalue weighted by Crippen LogP contribution is -2.51. The van der Waals surface area contributed by atoms with Gasteiger partial charge in [0.1, 0.15) is 5.54 Å². The smallest absolute Gasteiger partial charge is 0.396 e. The van der Waals surface area contributed by atoms with E-state index < -0.39 is 24.7 Å². The lowest BCUT2D eigenvalue weighted by Gasteiger charge is -2.26.